The first-order valence-electron chi connectivity index (χ1n) is 12.0. The first-order chi connectivity index (χ1) is 15.6. The van der Waals surface area contributed by atoms with Crippen LogP contribution >= 0.6 is 0 Å². The van der Waals surface area contributed by atoms with Crippen LogP contribution in [0.5, 0.6) is 5.75 Å². The third-order valence-electron chi connectivity index (χ3n) is 6.76. The molecule has 32 heavy (non-hydrogen) atoms. The van der Waals surface area contributed by atoms with Crippen molar-refractivity contribution in [2.45, 2.75) is 45.1 Å². The number of ether oxygens (including phenoxy) is 1. The minimum Gasteiger partial charge on any atom is -0.497 e. The standard InChI is InChI=1S/C26H36N4O2/c1-20-5-10-24(26(31)27-13-18-29-14-3-4-15-29)25(28-20)22-11-16-30(17-12-22)19-21-6-8-23(32-2)9-7-21/h5-10,22H,3-4,11-19H2,1-2H3,(H,27,31). The van der Waals surface area contributed by atoms with E-state index < -0.39 is 0 Å². The molecule has 0 unspecified atom stereocenters. The van der Waals surface area contributed by atoms with Gasteiger partial charge in [-0.25, -0.2) is 0 Å². The molecule has 0 saturated carbocycles. The van der Waals surface area contributed by atoms with Crippen molar-refractivity contribution in [2.75, 3.05) is 46.4 Å². The molecular formula is C26H36N4O2. The van der Waals surface area contributed by atoms with Crippen LogP contribution in [0.4, 0.5) is 0 Å². The molecule has 1 aromatic heterocycles. The monoisotopic (exact) mass is 436 g/mol. The highest BCUT2D eigenvalue weighted by molar-refractivity contribution is 5.95. The number of aryl methyl sites for hydroxylation is 1. The van der Waals surface area contributed by atoms with Crippen LogP contribution in [0, 0.1) is 6.92 Å². The second-order valence-corrected chi connectivity index (χ2v) is 9.09. The number of methoxy groups -OCH3 is 1. The maximum atomic E-state index is 13.0. The average Bonchev–Trinajstić information content (AvgIpc) is 3.33. The Morgan fingerprint density at radius 2 is 1.75 bits per heavy atom. The normalized spacial score (nSPS) is 18.1. The predicted molar refractivity (Wildman–Crippen MR) is 127 cm³/mol. The average molecular weight is 437 g/mol. The fourth-order valence-corrected chi connectivity index (χ4v) is 4.86. The molecule has 6 nitrogen and oxygen atoms in total. The highest BCUT2D eigenvalue weighted by Gasteiger charge is 2.26. The lowest BCUT2D eigenvalue weighted by atomic mass is 9.89. The lowest BCUT2D eigenvalue weighted by Crippen LogP contribution is -2.35. The largest absolute Gasteiger partial charge is 0.497 e. The lowest BCUT2D eigenvalue weighted by molar-refractivity contribution is 0.0946. The zero-order valence-electron chi connectivity index (χ0n) is 19.5. The Kier molecular flexibility index (Phi) is 7.76. The Balaban J connectivity index is 1.33. The molecule has 1 amide bonds. The van der Waals surface area contributed by atoms with Gasteiger partial charge in [0.2, 0.25) is 0 Å². The summed E-state index contributed by atoms with van der Waals surface area (Å²) in [5, 5.41) is 3.13. The maximum Gasteiger partial charge on any atom is 0.253 e. The second kappa shape index (κ2) is 10.9. The zero-order chi connectivity index (χ0) is 22.3. The number of aromatic nitrogens is 1. The number of carbonyl (C=O) groups excluding carboxylic acids is 1. The van der Waals surface area contributed by atoms with Gasteiger partial charge in [0.15, 0.2) is 0 Å². The summed E-state index contributed by atoms with van der Waals surface area (Å²) in [4.78, 5) is 22.7. The molecule has 0 bridgehead atoms. The number of amides is 1. The number of nitrogens with one attached hydrogen (secondary N) is 1. The Labute approximate surface area is 192 Å². The summed E-state index contributed by atoms with van der Waals surface area (Å²) < 4.78 is 5.26. The number of pyridine rings is 1. The molecule has 2 aliphatic rings. The highest BCUT2D eigenvalue weighted by Crippen LogP contribution is 2.30. The molecule has 0 aliphatic carbocycles. The number of benzene rings is 1. The van der Waals surface area contributed by atoms with E-state index in [9.17, 15) is 4.79 Å². The van der Waals surface area contributed by atoms with Gasteiger partial charge in [-0.05, 0) is 88.6 Å². The first kappa shape index (κ1) is 22.7. The quantitative estimate of drug-likeness (QED) is 0.685. The van der Waals surface area contributed by atoms with E-state index in [-0.39, 0.29) is 5.91 Å². The molecule has 2 aliphatic heterocycles. The number of carbonyl (C=O) groups is 1. The molecule has 4 rings (SSSR count). The van der Waals surface area contributed by atoms with Crippen molar-refractivity contribution < 1.29 is 9.53 Å². The topological polar surface area (TPSA) is 57.7 Å². The lowest BCUT2D eigenvalue weighted by Gasteiger charge is -2.32. The van der Waals surface area contributed by atoms with E-state index in [4.69, 9.17) is 9.72 Å². The molecule has 3 heterocycles. The van der Waals surface area contributed by atoms with Crippen molar-refractivity contribution in [1.29, 1.82) is 0 Å². The summed E-state index contributed by atoms with van der Waals surface area (Å²) in [6, 6.07) is 12.2. The van der Waals surface area contributed by atoms with Crippen LogP contribution in [0.1, 0.15) is 58.9 Å². The predicted octanol–water partition coefficient (Wildman–Crippen LogP) is 3.60. The molecule has 0 radical (unpaired) electrons. The van der Waals surface area contributed by atoms with E-state index >= 15 is 0 Å². The summed E-state index contributed by atoms with van der Waals surface area (Å²) in [5.74, 6) is 1.25. The smallest absolute Gasteiger partial charge is 0.253 e. The van der Waals surface area contributed by atoms with Gasteiger partial charge >= 0.3 is 0 Å². The summed E-state index contributed by atoms with van der Waals surface area (Å²) in [5.41, 5.74) is 4.02. The molecule has 2 saturated heterocycles. The van der Waals surface area contributed by atoms with Crippen LogP contribution in [0.15, 0.2) is 36.4 Å². The number of hydrogen-bond acceptors (Lipinski definition) is 5. The van der Waals surface area contributed by atoms with Gasteiger partial charge in [0, 0.05) is 31.2 Å². The Morgan fingerprint density at radius 3 is 2.44 bits per heavy atom. The van der Waals surface area contributed by atoms with Crippen LogP contribution in [-0.4, -0.2) is 67.1 Å². The third-order valence-corrected chi connectivity index (χ3v) is 6.76. The molecule has 1 aromatic carbocycles. The van der Waals surface area contributed by atoms with Crippen LogP contribution < -0.4 is 10.1 Å². The van der Waals surface area contributed by atoms with E-state index in [0.717, 1.165) is 74.8 Å². The van der Waals surface area contributed by atoms with E-state index in [2.05, 4.69) is 27.2 Å². The van der Waals surface area contributed by atoms with E-state index in [0.29, 0.717) is 12.5 Å². The molecule has 0 atom stereocenters. The van der Waals surface area contributed by atoms with Crippen molar-refractivity contribution in [3.05, 3.63) is 58.9 Å². The van der Waals surface area contributed by atoms with Crippen molar-refractivity contribution in [3.63, 3.8) is 0 Å². The van der Waals surface area contributed by atoms with Gasteiger partial charge in [0.05, 0.1) is 18.4 Å². The number of likely N-dealkylation sites (tertiary alicyclic amines) is 2. The molecule has 0 spiro atoms. The third kappa shape index (κ3) is 5.87. The summed E-state index contributed by atoms with van der Waals surface area (Å²) >= 11 is 0. The SMILES string of the molecule is COc1ccc(CN2CCC(c3nc(C)ccc3C(=O)NCCN3CCCC3)CC2)cc1. The van der Waals surface area contributed by atoms with Gasteiger partial charge in [0.25, 0.3) is 5.91 Å². The van der Waals surface area contributed by atoms with Gasteiger partial charge in [-0.2, -0.15) is 0 Å². The van der Waals surface area contributed by atoms with Crippen LogP contribution in [0.3, 0.4) is 0 Å². The van der Waals surface area contributed by atoms with Crippen molar-refractivity contribution in [1.82, 2.24) is 20.1 Å². The van der Waals surface area contributed by atoms with Crippen LogP contribution in [-0.2, 0) is 6.54 Å². The fraction of sp³-hybridized carbons (Fsp3) is 0.538. The molecular weight excluding hydrogens is 400 g/mol. The number of nitrogens with zero attached hydrogens (tertiary/aromatic N) is 3. The second-order valence-electron chi connectivity index (χ2n) is 9.09. The molecule has 2 aromatic rings. The Morgan fingerprint density at radius 1 is 1.03 bits per heavy atom. The van der Waals surface area contributed by atoms with Gasteiger partial charge in [-0.1, -0.05) is 12.1 Å². The Hall–Kier alpha value is -2.44. The number of hydrogen-bond donors (Lipinski definition) is 1. The van der Waals surface area contributed by atoms with Crippen molar-refractivity contribution in [3.8, 4) is 5.75 Å². The number of piperidine rings is 1. The van der Waals surface area contributed by atoms with Gasteiger partial charge in [-0.15, -0.1) is 0 Å². The zero-order valence-corrected chi connectivity index (χ0v) is 19.5. The van der Waals surface area contributed by atoms with Crippen molar-refractivity contribution >= 4 is 5.91 Å². The maximum absolute atomic E-state index is 13.0. The van der Waals surface area contributed by atoms with Crippen molar-refractivity contribution in [2.24, 2.45) is 0 Å². The minimum atomic E-state index is 0.0207. The Bertz CT molecular complexity index is 885. The summed E-state index contributed by atoms with van der Waals surface area (Å²) in [6.45, 7) is 8.94. The van der Waals surface area contributed by atoms with E-state index in [1.165, 1.54) is 18.4 Å². The van der Waals surface area contributed by atoms with Gasteiger partial charge in [-0.3, -0.25) is 14.7 Å². The van der Waals surface area contributed by atoms with E-state index in [1.807, 2.05) is 31.2 Å². The molecule has 2 fully saturated rings. The highest BCUT2D eigenvalue weighted by atomic mass is 16.5. The van der Waals surface area contributed by atoms with Crippen LogP contribution in [0.25, 0.3) is 0 Å². The first-order valence-corrected chi connectivity index (χ1v) is 12.0. The molecule has 172 valence electrons. The summed E-state index contributed by atoms with van der Waals surface area (Å²) in [6.07, 6.45) is 4.61. The fourth-order valence-electron chi connectivity index (χ4n) is 4.86. The van der Waals surface area contributed by atoms with Gasteiger partial charge in [0.1, 0.15) is 5.75 Å². The molecule has 6 heteroatoms. The number of rotatable bonds is 8. The van der Waals surface area contributed by atoms with E-state index in [1.54, 1.807) is 7.11 Å². The molecule has 1 N–H and O–H groups in total. The van der Waals surface area contributed by atoms with Gasteiger partial charge < -0.3 is 15.0 Å². The van der Waals surface area contributed by atoms with Crippen LogP contribution in [0.2, 0.25) is 0 Å². The summed E-state index contributed by atoms with van der Waals surface area (Å²) in [7, 11) is 1.70. The minimum absolute atomic E-state index is 0.0207.